The first-order chi connectivity index (χ1) is 13.2. The summed E-state index contributed by atoms with van der Waals surface area (Å²) in [4.78, 5) is 12.3. The number of ether oxygens (including phenoxy) is 1. The van der Waals surface area contributed by atoms with Gasteiger partial charge in [-0.2, -0.15) is 5.10 Å². The van der Waals surface area contributed by atoms with E-state index in [0.717, 1.165) is 5.39 Å². The number of benzene rings is 3. The number of carbonyl (C=O) groups is 1. The van der Waals surface area contributed by atoms with Gasteiger partial charge in [0.2, 0.25) is 0 Å². The van der Waals surface area contributed by atoms with Gasteiger partial charge in [0, 0.05) is 16.5 Å². The Kier molecular flexibility index (Phi) is 4.30. The molecule has 6 heteroatoms. The Hall–Kier alpha value is -3.67. The molecule has 1 heterocycles. The van der Waals surface area contributed by atoms with E-state index in [1.165, 1.54) is 13.2 Å². The van der Waals surface area contributed by atoms with Gasteiger partial charge < -0.3 is 10.1 Å². The molecule has 1 amide bonds. The average molecular weight is 361 g/mol. The fourth-order valence-corrected chi connectivity index (χ4v) is 2.90. The summed E-state index contributed by atoms with van der Waals surface area (Å²) in [6.07, 6.45) is 0. The number of halogens is 1. The van der Waals surface area contributed by atoms with Crippen LogP contribution < -0.4 is 10.1 Å². The van der Waals surface area contributed by atoms with E-state index in [9.17, 15) is 9.18 Å². The summed E-state index contributed by atoms with van der Waals surface area (Å²) in [5.41, 5.74) is 2.35. The number of carbonyl (C=O) groups excluding carboxylic acids is 1. The van der Waals surface area contributed by atoms with Gasteiger partial charge in [0.1, 0.15) is 11.6 Å². The van der Waals surface area contributed by atoms with Gasteiger partial charge in [-0.3, -0.25) is 9.89 Å². The molecule has 134 valence electrons. The molecule has 5 nitrogen and oxygen atoms in total. The average Bonchev–Trinajstić information content (AvgIpc) is 3.11. The maximum atomic E-state index is 14.2. The van der Waals surface area contributed by atoms with Crippen LogP contribution in [0.3, 0.4) is 0 Å². The molecule has 0 spiro atoms. The van der Waals surface area contributed by atoms with E-state index in [4.69, 9.17) is 4.74 Å². The molecular formula is C21H16FN3O2. The van der Waals surface area contributed by atoms with Gasteiger partial charge in [0.15, 0.2) is 5.82 Å². The highest BCUT2D eigenvalue weighted by Crippen LogP contribution is 2.31. The summed E-state index contributed by atoms with van der Waals surface area (Å²) in [6.45, 7) is 0. The second-order valence-corrected chi connectivity index (χ2v) is 6.00. The van der Waals surface area contributed by atoms with Crippen molar-refractivity contribution in [3.8, 4) is 16.9 Å². The molecule has 0 aliphatic heterocycles. The number of methoxy groups -OCH3 is 1. The third kappa shape index (κ3) is 3.25. The van der Waals surface area contributed by atoms with Crippen molar-refractivity contribution in [2.45, 2.75) is 0 Å². The predicted octanol–water partition coefficient (Wildman–Crippen LogP) is 4.63. The SMILES string of the molecule is COc1ccc(F)c(-c2ccc3c(NC(=O)c4ccccc4)n[nH]c3c2)c1. The lowest BCUT2D eigenvalue weighted by atomic mass is 10.0. The zero-order valence-electron chi connectivity index (χ0n) is 14.5. The molecule has 0 bridgehead atoms. The fourth-order valence-electron chi connectivity index (χ4n) is 2.90. The molecule has 0 saturated carbocycles. The number of rotatable bonds is 4. The van der Waals surface area contributed by atoms with Crippen molar-refractivity contribution >= 4 is 22.6 Å². The maximum Gasteiger partial charge on any atom is 0.256 e. The minimum absolute atomic E-state index is 0.244. The van der Waals surface area contributed by atoms with Crippen LogP contribution in [0.25, 0.3) is 22.0 Å². The van der Waals surface area contributed by atoms with E-state index in [-0.39, 0.29) is 11.7 Å². The smallest absolute Gasteiger partial charge is 0.256 e. The van der Waals surface area contributed by atoms with Crippen LogP contribution in [0.4, 0.5) is 10.2 Å². The molecule has 1 aromatic heterocycles. The number of fused-ring (bicyclic) bond motifs is 1. The van der Waals surface area contributed by atoms with E-state index < -0.39 is 0 Å². The highest BCUT2D eigenvalue weighted by molar-refractivity contribution is 6.08. The van der Waals surface area contributed by atoms with Crippen LogP contribution in [-0.4, -0.2) is 23.2 Å². The number of aromatic amines is 1. The van der Waals surface area contributed by atoms with Crippen LogP contribution in [-0.2, 0) is 0 Å². The summed E-state index contributed by atoms with van der Waals surface area (Å²) in [5.74, 6) is 0.419. The van der Waals surface area contributed by atoms with Crippen LogP contribution in [0, 0.1) is 5.82 Å². The highest BCUT2D eigenvalue weighted by Gasteiger charge is 2.13. The van der Waals surface area contributed by atoms with Crippen molar-refractivity contribution in [1.82, 2.24) is 10.2 Å². The minimum Gasteiger partial charge on any atom is -0.497 e. The third-order valence-electron chi connectivity index (χ3n) is 4.32. The lowest BCUT2D eigenvalue weighted by molar-refractivity contribution is 0.102. The number of nitrogens with zero attached hydrogens (tertiary/aromatic N) is 1. The first kappa shape index (κ1) is 16.8. The molecule has 27 heavy (non-hydrogen) atoms. The van der Waals surface area contributed by atoms with Crippen molar-refractivity contribution in [1.29, 1.82) is 0 Å². The summed E-state index contributed by atoms with van der Waals surface area (Å²) in [6, 6.07) is 18.9. The Morgan fingerprint density at radius 3 is 2.67 bits per heavy atom. The molecule has 0 saturated heterocycles. The third-order valence-corrected chi connectivity index (χ3v) is 4.32. The highest BCUT2D eigenvalue weighted by atomic mass is 19.1. The molecule has 0 radical (unpaired) electrons. The molecule has 4 rings (SSSR count). The molecule has 0 unspecified atom stereocenters. The molecule has 0 aliphatic rings. The molecule has 0 atom stereocenters. The number of amides is 1. The molecule has 4 aromatic rings. The largest absolute Gasteiger partial charge is 0.497 e. The standard InChI is InChI=1S/C21H16FN3O2/c1-27-15-8-10-18(22)17(12-15)14-7-9-16-19(11-14)24-25-20(16)23-21(26)13-5-3-2-4-6-13/h2-12H,1H3,(H2,23,24,25,26). The number of nitrogens with one attached hydrogen (secondary N) is 2. The van der Waals surface area contributed by atoms with Crippen LogP contribution in [0.5, 0.6) is 5.75 Å². The van der Waals surface area contributed by atoms with Gasteiger partial charge in [-0.15, -0.1) is 0 Å². The second kappa shape index (κ2) is 6.92. The second-order valence-electron chi connectivity index (χ2n) is 6.00. The summed E-state index contributed by atoms with van der Waals surface area (Å²) >= 11 is 0. The monoisotopic (exact) mass is 361 g/mol. The van der Waals surface area contributed by atoms with Gasteiger partial charge in [-0.05, 0) is 48.0 Å². The Morgan fingerprint density at radius 1 is 1.07 bits per heavy atom. The van der Waals surface area contributed by atoms with Crippen LogP contribution >= 0.6 is 0 Å². The minimum atomic E-state index is -0.340. The van der Waals surface area contributed by atoms with Crippen molar-refractivity contribution in [3.63, 3.8) is 0 Å². The van der Waals surface area contributed by atoms with Crippen molar-refractivity contribution in [3.05, 3.63) is 78.1 Å². The quantitative estimate of drug-likeness (QED) is 0.557. The fraction of sp³-hybridized carbons (Fsp3) is 0.0476. The number of hydrogen-bond donors (Lipinski definition) is 2. The number of aromatic nitrogens is 2. The summed E-state index contributed by atoms with van der Waals surface area (Å²) in [7, 11) is 1.54. The Morgan fingerprint density at radius 2 is 1.89 bits per heavy atom. The van der Waals surface area contributed by atoms with E-state index in [1.54, 1.807) is 54.6 Å². The van der Waals surface area contributed by atoms with E-state index >= 15 is 0 Å². The van der Waals surface area contributed by atoms with Crippen LogP contribution in [0.1, 0.15) is 10.4 Å². The van der Waals surface area contributed by atoms with E-state index in [2.05, 4.69) is 15.5 Å². The zero-order chi connectivity index (χ0) is 18.8. The van der Waals surface area contributed by atoms with Crippen LogP contribution in [0.2, 0.25) is 0 Å². The first-order valence-electron chi connectivity index (χ1n) is 8.34. The predicted molar refractivity (Wildman–Crippen MR) is 102 cm³/mol. The summed E-state index contributed by atoms with van der Waals surface area (Å²) in [5, 5.41) is 10.6. The normalized spacial score (nSPS) is 10.7. The molecular weight excluding hydrogens is 345 g/mol. The van der Waals surface area contributed by atoms with Gasteiger partial charge in [-0.1, -0.05) is 24.3 Å². The molecule has 3 aromatic carbocycles. The van der Waals surface area contributed by atoms with E-state index in [0.29, 0.717) is 33.8 Å². The lowest BCUT2D eigenvalue weighted by Gasteiger charge is -2.07. The Labute approximate surface area is 154 Å². The zero-order valence-corrected chi connectivity index (χ0v) is 14.5. The van der Waals surface area contributed by atoms with Gasteiger partial charge in [-0.25, -0.2) is 4.39 Å². The van der Waals surface area contributed by atoms with Gasteiger partial charge in [0.05, 0.1) is 12.6 Å². The van der Waals surface area contributed by atoms with Crippen LogP contribution in [0.15, 0.2) is 66.7 Å². The number of H-pyrrole nitrogens is 1. The van der Waals surface area contributed by atoms with Gasteiger partial charge >= 0.3 is 0 Å². The van der Waals surface area contributed by atoms with Crippen molar-refractivity contribution in [2.75, 3.05) is 12.4 Å². The Bertz CT molecular complexity index is 1120. The molecule has 2 N–H and O–H groups in total. The van der Waals surface area contributed by atoms with E-state index in [1.807, 2.05) is 6.07 Å². The maximum absolute atomic E-state index is 14.2. The van der Waals surface area contributed by atoms with Crippen molar-refractivity contribution < 1.29 is 13.9 Å². The number of hydrogen-bond acceptors (Lipinski definition) is 3. The topological polar surface area (TPSA) is 67.0 Å². The number of anilines is 1. The Balaban J connectivity index is 1.67. The first-order valence-corrected chi connectivity index (χ1v) is 8.34. The lowest BCUT2D eigenvalue weighted by Crippen LogP contribution is -2.12. The van der Waals surface area contributed by atoms with Gasteiger partial charge in [0.25, 0.3) is 5.91 Å². The van der Waals surface area contributed by atoms with Crippen molar-refractivity contribution in [2.24, 2.45) is 0 Å². The molecule has 0 aliphatic carbocycles. The molecule has 0 fully saturated rings. The summed E-state index contributed by atoms with van der Waals surface area (Å²) < 4.78 is 19.4.